The third-order valence-electron chi connectivity index (χ3n) is 21.8. The maximum atomic E-state index is 7.16. The van der Waals surface area contributed by atoms with Gasteiger partial charge in [-0.2, -0.15) is 0 Å². The molecule has 4 heterocycles. The van der Waals surface area contributed by atoms with E-state index in [4.69, 9.17) is 18.3 Å². The van der Waals surface area contributed by atoms with Crippen LogP contribution in [0.15, 0.2) is 414 Å². The van der Waals surface area contributed by atoms with Crippen LogP contribution in [0.4, 0.5) is 28.4 Å². The van der Waals surface area contributed by atoms with Gasteiger partial charge in [-0.25, -0.2) is 0 Å². The fourth-order valence-corrected chi connectivity index (χ4v) is 17.3. The minimum absolute atomic E-state index is 0.539. The lowest BCUT2D eigenvalue weighted by molar-refractivity contribution is 0.389. The number of halogens is 1. The van der Waals surface area contributed by atoms with Gasteiger partial charge in [-0.3, -0.25) is 0 Å². The molecule has 0 bridgehead atoms. The third-order valence-corrected chi connectivity index (χ3v) is 22.3. The Kier molecular flexibility index (Phi) is 16.1. The lowest BCUT2D eigenvalue weighted by atomic mass is 9.69. The van der Waals surface area contributed by atoms with Crippen molar-refractivity contribution in [2.75, 3.05) is 10.2 Å². The molecule has 7 heteroatoms. The molecule has 0 unspecified atom stereocenters. The van der Waals surface area contributed by atoms with Crippen LogP contribution >= 0.6 is 15.9 Å². The van der Waals surface area contributed by atoms with Gasteiger partial charge in [0.25, 0.3) is 0 Å². The Balaban J connectivity index is 0.000000119. The molecule has 0 saturated heterocycles. The predicted molar refractivity (Wildman–Crippen MR) is 447 cm³/mol. The first-order valence-electron chi connectivity index (χ1n) is 36.9. The fourth-order valence-electron chi connectivity index (χ4n) is 16.9. The molecular weight excluding hydrogens is 1400 g/mol. The molecular formula is C102H67BrN2O4. The highest BCUT2D eigenvalue weighted by atomic mass is 79.9. The normalized spacial score (nSPS) is 12.9. The number of rotatable bonds is 9. The lowest BCUT2D eigenvalue weighted by Gasteiger charge is -2.36. The first-order chi connectivity index (χ1) is 53.9. The summed E-state index contributed by atoms with van der Waals surface area (Å²) in [5.41, 5.74) is 27.4. The summed E-state index contributed by atoms with van der Waals surface area (Å²) in [6, 6.07) is 141. The maximum Gasteiger partial charge on any atom is 0.178 e. The van der Waals surface area contributed by atoms with E-state index in [-0.39, 0.29) is 0 Å². The Hall–Kier alpha value is -13.7. The van der Waals surface area contributed by atoms with Crippen LogP contribution in [0.1, 0.15) is 44.9 Å². The van der Waals surface area contributed by atoms with Gasteiger partial charge in [-0.15, -0.1) is 0 Å². The van der Waals surface area contributed by atoms with Crippen molar-refractivity contribution >= 4 is 66.3 Å². The number of para-hydroxylation sites is 2. The summed E-state index contributed by atoms with van der Waals surface area (Å²) < 4.78 is 28.1. The SMILES string of the molecule is Brc1ccc2c3c(oc2c1)C1(c2ccccc2O3)c2ccccc2-c2ccccc21.c1ccc(-c2ccc(N(c3ccc(-c4ccccc4)cc3)c3ccc4c5c(oc4c3)C3(c4ccccc4O5)c4ccccc4-c4ccccc43)cc2)cc1.c1ccc(-c2ccc(Nc3ccc(-c4ccccc4)cc3)cc2)cc1. The number of nitrogens with one attached hydrogen (secondary N) is 1. The highest BCUT2D eigenvalue weighted by Gasteiger charge is 2.56. The quantitative estimate of drug-likeness (QED) is 0.155. The summed E-state index contributed by atoms with van der Waals surface area (Å²) in [4.78, 5) is 2.30. The fraction of sp³-hybridized carbons (Fsp3) is 0.0196. The number of furan rings is 2. The van der Waals surface area contributed by atoms with E-state index in [0.29, 0.717) is 0 Å². The van der Waals surface area contributed by atoms with Crippen molar-refractivity contribution in [1.29, 1.82) is 0 Å². The van der Waals surface area contributed by atoms with Crippen LogP contribution in [0.3, 0.4) is 0 Å². The van der Waals surface area contributed by atoms with Crippen molar-refractivity contribution in [3.63, 3.8) is 0 Å². The summed E-state index contributed by atoms with van der Waals surface area (Å²) in [6.45, 7) is 0. The molecule has 18 aromatic rings. The topological polar surface area (TPSA) is 60.0 Å². The van der Waals surface area contributed by atoms with Crippen LogP contribution < -0.4 is 19.7 Å². The van der Waals surface area contributed by atoms with E-state index < -0.39 is 10.8 Å². The second-order valence-corrected chi connectivity index (χ2v) is 28.8. The second-order valence-electron chi connectivity index (χ2n) is 27.9. The third kappa shape index (κ3) is 11.0. The molecule has 2 aliphatic heterocycles. The summed E-state index contributed by atoms with van der Waals surface area (Å²) in [7, 11) is 0. The van der Waals surface area contributed by atoms with Gasteiger partial charge < -0.3 is 28.5 Å². The van der Waals surface area contributed by atoms with Gasteiger partial charge in [0.1, 0.15) is 33.5 Å². The lowest BCUT2D eigenvalue weighted by Crippen LogP contribution is -2.31. The standard InChI is InChI=1S/C51H33NO2.C27H15BrO2.C24H19N/c1-3-13-34(14-4-1)36-23-27-38(28-24-36)52(39-29-25-37(26-30-39)35-15-5-2-6-16-35)40-31-32-43-48(33-40)54-50-49(43)53-47-22-12-11-21-46(47)51(50)44-19-9-7-17-41(44)42-18-8-10-20-45(42)51;28-16-13-14-19-24(15-16)30-26-25(19)29-23-12-6-5-11-22(23)27(26)20-9-3-1-7-17(20)18-8-2-4-10-21(18)27;1-3-7-19(8-4-1)21-11-15-23(16-12-21)25-24-17-13-22(14-18-24)20-9-5-2-6-10-20/h1-33H;1-15H;1-18,25H. The molecule has 516 valence electrons. The minimum Gasteiger partial charge on any atom is -0.455 e. The molecule has 0 fully saturated rings. The summed E-state index contributed by atoms with van der Waals surface area (Å²) in [5, 5.41) is 5.40. The van der Waals surface area contributed by atoms with E-state index in [1.807, 2.05) is 30.3 Å². The Morgan fingerprint density at radius 1 is 0.248 bits per heavy atom. The molecule has 1 N–H and O–H groups in total. The molecule has 2 aromatic heterocycles. The number of hydrogen-bond acceptors (Lipinski definition) is 6. The van der Waals surface area contributed by atoms with Gasteiger partial charge in [-0.1, -0.05) is 319 Å². The van der Waals surface area contributed by atoms with Crippen molar-refractivity contribution in [1.82, 2.24) is 0 Å². The van der Waals surface area contributed by atoms with Crippen molar-refractivity contribution in [3.8, 4) is 89.8 Å². The van der Waals surface area contributed by atoms with Crippen LogP contribution in [0.5, 0.6) is 23.0 Å². The first-order valence-corrected chi connectivity index (χ1v) is 37.7. The molecule has 0 saturated carbocycles. The number of fused-ring (bicyclic) bond motifs is 22. The van der Waals surface area contributed by atoms with Gasteiger partial charge in [0.05, 0.1) is 10.8 Å². The summed E-state index contributed by atoms with van der Waals surface area (Å²) in [6.07, 6.45) is 0. The van der Waals surface area contributed by atoms with Crippen molar-refractivity contribution in [3.05, 3.63) is 450 Å². The Morgan fingerprint density at radius 3 is 0.899 bits per heavy atom. The van der Waals surface area contributed by atoms with Gasteiger partial charge in [0.2, 0.25) is 0 Å². The monoisotopic (exact) mass is 1460 g/mol. The number of hydrogen-bond donors (Lipinski definition) is 1. The molecule has 16 aromatic carbocycles. The zero-order valence-electron chi connectivity index (χ0n) is 59.1. The summed E-state index contributed by atoms with van der Waals surface area (Å²) in [5.74, 6) is 4.97. The number of benzene rings is 16. The highest BCUT2D eigenvalue weighted by Crippen LogP contribution is 2.66. The molecule has 0 radical (unpaired) electrons. The van der Waals surface area contributed by atoms with Crippen LogP contribution in [-0.4, -0.2) is 0 Å². The van der Waals surface area contributed by atoms with Crippen molar-refractivity contribution in [2.24, 2.45) is 0 Å². The van der Waals surface area contributed by atoms with Gasteiger partial charge in [-0.05, 0) is 180 Å². The van der Waals surface area contributed by atoms with E-state index in [2.05, 4.69) is 396 Å². The van der Waals surface area contributed by atoms with Gasteiger partial charge in [0.15, 0.2) is 23.0 Å². The molecule has 0 atom stereocenters. The first kappa shape index (κ1) is 64.8. The van der Waals surface area contributed by atoms with E-state index in [0.717, 1.165) is 100 Å². The molecule has 2 spiro atoms. The van der Waals surface area contributed by atoms with Crippen LogP contribution in [-0.2, 0) is 10.8 Å². The molecule has 4 aliphatic rings. The molecule has 0 amide bonds. The highest BCUT2D eigenvalue weighted by molar-refractivity contribution is 9.10. The van der Waals surface area contributed by atoms with Gasteiger partial charge in [0, 0.05) is 50.1 Å². The second kappa shape index (κ2) is 27.0. The number of ether oxygens (including phenoxy) is 2. The van der Waals surface area contributed by atoms with Crippen LogP contribution in [0.2, 0.25) is 0 Å². The summed E-state index contributed by atoms with van der Waals surface area (Å²) >= 11 is 3.58. The maximum absolute atomic E-state index is 7.16. The van der Waals surface area contributed by atoms with E-state index in [1.54, 1.807) is 0 Å². The van der Waals surface area contributed by atoms with Gasteiger partial charge >= 0.3 is 0 Å². The van der Waals surface area contributed by atoms with Crippen LogP contribution in [0.25, 0.3) is 88.7 Å². The Morgan fingerprint density at radius 2 is 0.532 bits per heavy atom. The molecule has 22 rings (SSSR count). The van der Waals surface area contributed by atoms with Crippen molar-refractivity contribution in [2.45, 2.75) is 10.8 Å². The minimum atomic E-state index is -0.656. The van der Waals surface area contributed by atoms with E-state index >= 15 is 0 Å². The Bertz CT molecular complexity index is 6180. The smallest absolute Gasteiger partial charge is 0.178 e. The van der Waals surface area contributed by atoms with Crippen molar-refractivity contribution < 1.29 is 18.3 Å². The zero-order chi connectivity index (χ0) is 72.4. The Labute approximate surface area is 640 Å². The number of anilines is 5. The predicted octanol–water partition coefficient (Wildman–Crippen LogP) is 28.1. The zero-order valence-corrected chi connectivity index (χ0v) is 60.6. The number of nitrogens with zero attached hydrogens (tertiary/aromatic N) is 1. The average Bonchev–Trinajstić information content (AvgIpc) is 1.53. The van der Waals surface area contributed by atoms with Crippen LogP contribution in [0, 0.1) is 0 Å². The molecule has 109 heavy (non-hydrogen) atoms. The van der Waals surface area contributed by atoms with E-state index in [1.165, 1.54) is 89.0 Å². The molecule has 2 aliphatic carbocycles. The molecule has 6 nitrogen and oxygen atoms in total. The van der Waals surface area contributed by atoms with E-state index in [9.17, 15) is 0 Å². The average molecular weight is 1460 g/mol. The largest absolute Gasteiger partial charge is 0.455 e.